The van der Waals surface area contributed by atoms with Crippen molar-refractivity contribution in [1.29, 1.82) is 0 Å². The fraction of sp³-hybridized carbons (Fsp3) is 0.529. The summed E-state index contributed by atoms with van der Waals surface area (Å²) in [5, 5.41) is 17.6. The maximum absolute atomic E-state index is 12.6. The minimum atomic E-state index is -0.894. The summed E-state index contributed by atoms with van der Waals surface area (Å²) in [6.07, 6.45) is 4.06. The smallest absolute Gasteiger partial charge is 0.311 e. The second-order valence-electron chi connectivity index (χ2n) is 6.99. The number of amides is 1. The molecule has 0 spiro atoms. The van der Waals surface area contributed by atoms with Gasteiger partial charge in [0.15, 0.2) is 11.5 Å². The first kappa shape index (κ1) is 17.2. The number of likely N-dealkylation sites (tertiary alicyclic amines) is 1. The number of hydrogen-bond donors (Lipinski definition) is 1. The zero-order valence-electron chi connectivity index (χ0n) is 14.6. The molecule has 1 unspecified atom stereocenters. The predicted octanol–water partition coefficient (Wildman–Crippen LogP) is 1.80. The summed E-state index contributed by atoms with van der Waals surface area (Å²) >= 11 is 0. The van der Waals surface area contributed by atoms with Crippen molar-refractivity contribution in [3.63, 3.8) is 0 Å². The fourth-order valence-electron chi connectivity index (χ4n) is 3.26. The standard InChI is InChI=1S/C17H22N4O4/c1-11(2)17(16(23)24)4-5-20(10-17)15(22)14-6-13(25-19-14)9-21-8-12(3)7-18-21/h6-8,11H,4-5,9-10H2,1-3H3,(H,23,24). The lowest BCUT2D eigenvalue weighted by Crippen LogP contribution is -2.40. The first-order valence-corrected chi connectivity index (χ1v) is 8.29. The summed E-state index contributed by atoms with van der Waals surface area (Å²) in [5.41, 5.74) is 0.338. The molecule has 1 amide bonds. The second kappa shape index (κ2) is 6.34. The first-order chi connectivity index (χ1) is 11.8. The van der Waals surface area contributed by atoms with Crippen LogP contribution in [0.5, 0.6) is 0 Å². The maximum Gasteiger partial charge on any atom is 0.311 e. The van der Waals surface area contributed by atoms with Crippen LogP contribution in [-0.2, 0) is 11.3 Å². The van der Waals surface area contributed by atoms with Crippen molar-refractivity contribution < 1.29 is 19.2 Å². The van der Waals surface area contributed by atoms with Crippen LogP contribution in [0.15, 0.2) is 23.0 Å². The van der Waals surface area contributed by atoms with Crippen LogP contribution in [0, 0.1) is 18.3 Å². The van der Waals surface area contributed by atoms with Gasteiger partial charge in [0, 0.05) is 25.4 Å². The average Bonchev–Trinajstić information content (AvgIpc) is 3.27. The number of rotatable bonds is 5. The molecule has 0 aliphatic carbocycles. The van der Waals surface area contributed by atoms with E-state index in [4.69, 9.17) is 4.52 Å². The van der Waals surface area contributed by atoms with E-state index in [9.17, 15) is 14.7 Å². The van der Waals surface area contributed by atoms with Crippen LogP contribution in [0.2, 0.25) is 0 Å². The first-order valence-electron chi connectivity index (χ1n) is 8.29. The Morgan fingerprint density at radius 1 is 1.44 bits per heavy atom. The molecule has 134 valence electrons. The maximum atomic E-state index is 12.6. The number of nitrogens with zero attached hydrogens (tertiary/aromatic N) is 4. The van der Waals surface area contributed by atoms with Crippen molar-refractivity contribution in [2.75, 3.05) is 13.1 Å². The van der Waals surface area contributed by atoms with Gasteiger partial charge in [0.05, 0.1) is 11.6 Å². The van der Waals surface area contributed by atoms with Crippen LogP contribution in [0.3, 0.4) is 0 Å². The molecule has 25 heavy (non-hydrogen) atoms. The van der Waals surface area contributed by atoms with E-state index < -0.39 is 11.4 Å². The number of carboxylic acid groups (broad SMARTS) is 1. The molecule has 0 radical (unpaired) electrons. The summed E-state index contributed by atoms with van der Waals surface area (Å²) in [6, 6.07) is 1.59. The topological polar surface area (TPSA) is 101 Å². The largest absolute Gasteiger partial charge is 0.481 e. The Morgan fingerprint density at radius 2 is 2.20 bits per heavy atom. The number of aryl methyl sites for hydroxylation is 1. The molecule has 0 saturated carbocycles. The Labute approximate surface area is 145 Å². The zero-order valence-corrected chi connectivity index (χ0v) is 14.6. The number of carboxylic acids is 1. The number of aromatic nitrogens is 3. The van der Waals surface area contributed by atoms with E-state index >= 15 is 0 Å². The normalized spacial score (nSPS) is 20.4. The van der Waals surface area contributed by atoms with Crippen LogP contribution in [0.25, 0.3) is 0 Å². The van der Waals surface area contributed by atoms with Gasteiger partial charge in [-0.1, -0.05) is 19.0 Å². The van der Waals surface area contributed by atoms with E-state index in [1.807, 2.05) is 27.0 Å². The van der Waals surface area contributed by atoms with Crippen LogP contribution in [-0.4, -0.2) is 49.9 Å². The number of carbonyl (C=O) groups is 2. The summed E-state index contributed by atoms with van der Waals surface area (Å²) in [6.45, 7) is 6.68. The number of aliphatic carboxylic acids is 1. The highest BCUT2D eigenvalue weighted by Crippen LogP contribution is 2.38. The molecule has 1 fully saturated rings. The molecule has 1 saturated heterocycles. The lowest BCUT2D eigenvalue weighted by molar-refractivity contribution is -0.150. The minimum absolute atomic E-state index is 0.0567. The van der Waals surface area contributed by atoms with E-state index in [0.717, 1.165) is 5.56 Å². The average molecular weight is 346 g/mol. The van der Waals surface area contributed by atoms with Crippen molar-refractivity contribution in [3.8, 4) is 0 Å². The Bertz CT molecular complexity index is 794. The molecule has 1 atom stereocenters. The van der Waals surface area contributed by atoms with Crippen LogP contribution >= 0.6 is 0 Å². The molecule has 2 aromatic heterocycles. The molecular weight excluding hydrogens is 324 g/mol. The van der Waals surface area contributed by atoms with Crippen molar-refractivity contribution >= 4 is 11.9 Å². The van der Waals surface area contributed by atoms with Gasteiger partial charge in [-0.15, -0.1) is 0 Å². The van der Waals surface area contributed by atoms with Gasteiger partial charge >= 0.3 is 5.97 Å². The van der Waals surface area contributed by atoms with Crippen LogP contribution in [0.4, 0.5) is 0 Å². The van der Waals surface area contributed by atoms with Gasteiger partial charge in [0.25, 0.3) is 5.91 Å². The lowest BCUT2D eigenvalue weighted by atomic mass is 9.76. The number of carbonyl (C=O) groups excluding carboxylic acids is 1. The Balaban J connectivity index is 1.71. The Morgan fingerprint density at radius 3 is 2.76 bits per heavy atom. The van der Waals surface area contributed by atoms with E-state index in [-0.39, 0.29) is 24.1 Å². The third-order valence-corrected chi connectivity index (χ3v) is 4.98. The summed E-state index contributed by atoms with van der Waals surface area (Å²) in [7, 11) is 0. The second-order valence-corrected chi connectivity index (χ2v) is 6.99. The SMILES string of the molecule is Cc1cnn(Cc2cc(C(=O)N3CCC(C(=O)O)(C(C)C)C3)no2)c1. The molecule has 1 N–H and O–H groups in total. The predicted molar refractivity (Wildman–Crippen MR) is 88.0 cm³/mol. The third kappa shape index (κ3) is 3.16. The van der Waals surface area contributed by atoms with Gasteiger partial charge < -0.3 is 14.5 Å². The molecule has 8 heteroatoms. The molecule has 2 aromatic rings. The molecule has 0 bridgehead atoms. The van der Waals surface area contributed by atoms with Crippen molar-refractivity contribution in [2.24, 2.45) is 11.3 Å². The van der Waals surface area contributed by atoms with E-state index in [1.165, 1.54) is 0 Å². The summed E-state index contributed by atoms with van der Waals surface area (Å²) in [4.78, 5) is 25.9. The van der Waals surface area contributed by atoms with Crippen molar-refractivity contribution in [2.45, 2.75) is 33.7 Å². The summed E-state index contributed by atoms with van der Waals surface area (Å²) in [5.74, 6) is -0.680. The Kier molecular flexibility index (Phi) is 4.36. The third-order valence-electron chi connectivity index (χ3n) is 4.98. The van der Waals surface area contributed by atoms with Crippen LogP contribution < -0.4 is 0 Å². The fourth-order valence-corrected chi connectivity index (χ4v) is 3.26. The van der Waals surface area contributed by atoms with E-state index in [2.05, 4.69) is 10.3 Å². The lowest BCUT2D eigenvalue weighted by Gasteiger charge is -2.28. The van der Waals surface area contributed by atoms with E-state index in [1.54, 1.807) is 21.8 Å². The molecule has 3 heterocycles. The molecule has 0 aromatic carbocycles. The van der Waals surface area contributed by atoms with Crippen LogP contribution in [0.1, 0.15) is 42.1 Å². The molecule has 1 aliphatic rings. The van der Waals surface area contributed by atoms with Crippen molar-refractivity contribution in [3.05, 3.63) is 35.5 Å². The van der Waals surface area contributed by atoms with Gasteiger partial charge in [-0.05, 0) is 24.8 Å². The molecule has 3 rings (SSSR count). The van der Waals surface area contributed by atoms with Gasteiger partial charge in [0.2, 0.25) is 0 Å². The van der Waals surface area contributed by atoms with Gasteiger partial charge in [0.1, 0.15) is 6.54 Å². The Hall–Kier alpha value is -2.64. The molecular formula is C17H22N4O4. The monoisotopic (exact) mass is 346 g/mol. The highest BCUT2D eigenvalue weighted by Gasteiger charge is 2.48. The van der Waals surface area contributed by atoms with E-state index in [0.29, 0.717) is 25.3 Å². The zero-order chi connectivity index (χ0) is 18.2. The number of hydrogen-bond acceptors (Lipinski definition) is 5. The van der Waals surface area contributed by atoms with Gasteiger partial charge in [-0.2, -0.15) is 5.10 Å². The highest BCUT2D eigenvalue weighted by molar-refractivity contribution is 5.93. The summed E-state index contributed by atoms with van der Waals surface area (Å²) < 4.78 is 6.93. The van der Waals surface area contributed by atoms with Gasteiger partial charge in [-0.25, -0.2) is 0 Å². The molecule has 1 aliphatic heterocycles. The quantitative estimate of drug-likeness (QED) is 0.886. The minimum Gasteiger partial charge on any atom is -0.481 e. The highest BCUT2D eigenvalue weighted by atomic mass is 16.5. The molecule has 8 nitrogen and oxygen atoms in total. The van der Waals surface area contributed by atoms with Crippen molar-refractivity contribution in [1.82, 2.24) is 19.8 Å². The van der Waals surface area contributed by atoms with Gasteiger partial charge in [-0.3, -0.25) is 14.3 Å².